The third-order valence-electron chi connectivity index (χ3n) is 4.84. The van der Waals surface area contributed by atoms with E-state index in [2.05, 4.69) is 21.3 Å². The molecule has 2 rings (SSSR count). The topological polar surface area (TPSA) is 116 Å². The summed E-state index contributed by atoms with van der Waals surface area (Å²) in [5.74, 6) is -0.590. The minimum atomic E-state index is -0.211. The van der Waals surface area contributed by atoms with Crippen LogP contribution in [0, 0.1) is 0 Å². The van der Waals surface area contributed by atoms with Gasteiger partial charge in [-0.25, -0.2) is 0 Å². The second kappa shape index (κ2) is 13.6. The van der Waals surface area contributed by atoms with Gasteiger partial charge in [0.05, 0.1) is 11.1 Å². The summed E-state index contributed by atoms with van der Waals surface area (Å²) in [7, 11) is 3.12. The van der Waals surface area contributed by atoms with Gasteiger partial charge in [0.15, 0.2) is 0 Å². The van der Waals surface area contributed by atoms with E-state index in [0.717, 1.165) is 38.5 Å². The molecule has 0 spiro atoms. The lowest BCUT2D eigenvalue weighted by Gasteiger charge is -2.06. The van der Waals surface area contributed by atoms with E-state index in [0.29, 0.717) is 34.0 Å². The molecular weight excluding hydrogens is 448 g/mol. The molecule has 2 aromatic rings. The predicted octanol–water partition coefficient (Wildman–Crippen LogP) is 4.23. The van der Waals surface area contributed by atoms with Gasteiger partial charge in [0.1, 0.15) is 10.0 Å². The molecule has 0 aliphatic rings. The maximum absolute atomic E-state index is 12.1. The number of nitrogens with one attached hydrogen (secondary N) is 4. The molecule has 8 nitrogen and oxygen atoms in total. The summed E-state index contributed by atoms with van der Waals surface area (Å²) in [6.07, 6.45) is 6.30. The third-order valence-corrected chi connectivity index (χ3v) is 6.50. The van der Waals surface area contributed by atoms with Crippen LogP contribution in [0.4, 0.5) is 10.0 Å². The van der Waals surface area contributed by atoms with Gasteiger partial charge < -0.3 is 21.3 Å². The number of hydrogen-bond donors (Lipinski definition) is 4. The zero-order chi connectivity index (χ0) is 23.3. The molecule has 174 valence electrons. The van der Waals surface area contributed by atoms with Crippen molar-refractivity contribution in [1.82, 2.24) is 10.6 Å². The number of amides is 4. The molecule has 4 N–H and O–H groups in total. The zero-order valence-corrected chi connectivity index (χ0v) is 20.0. The van der Waals surface area contributed by atoms with Crippen LogP contribution in [0.1, 0.15) is 72.1 Å². The van der Waals surface area contributed by atoms with Crippen LogP contribution >= 0.6 is 22.7 Å². The van der Waals surface area contributed by atoms with Crippen molar-refractivity contribution >= 4 is 56.3 Å². The number of hydrogen-bond acceptors (Lipinski definition) is 6. The third kappa shape index (κ3) is 8.08. The molecule has 0 radical (unpaired) electrons. The predicted molar refractivity (Wildman–Crippen MR) is 130 cm³/mol. The van der Waals surface area contributed by atoms with Gasteiger partial charge in [0.25, 0.3) is 11.8 Å². The molecule has 2 aromatic heterocycles. The van der Waals surface area contributed by atoms with Gasteiger partial charge in [-0.15, -0.1) is 22.7 Å². The molecular formula is C22H30N4O4S2. The van der Waals surface area contributed by atoms with Crippen molar-refractivity contribution in [2.45, 2.75) is 51.4 Å². The van der Waals surface area contributed by atoms with Crippen LogP contribution < -0.4 is 21.3 Å². The molecule has 0 fully saturated rings. The first-order valence-corrected chi connectivity index (χ1v) is 12.4. The van der Waals surface area contributed by atoms with E-state index < -0.39 is 0 Å². The minimum Gasteiger partial charge on any atom is -0.355 e. The summed E-state index contributed by atoms with van der Waals surface area (Å²) in [4.78, 5) is 47.7. The SMILES string of the molecule is CNC(=O)c1ccsc1NC(=O)CCCCCCCCC(=O)Nc1sccc1C(=O)NC. The van der Waals surface area contributed by atoms with Crippen LogP contribution in [-0.4, -0.2) is 37.7 Å². The van der Waals surface area contributed by atoms with E-state index in [1.54, 1.807) is 37.0 Å². The van der Waals surface area contributed by atoms with E-state index >= 15 is 0 Å². The largest absolute Gasteiger partial charge is 0.355 e. The molecule has 0 unspecified atom stereocenters. The number of carbonyl (C=O) groups excluding carboxylic acids is 4. The monoisotopic (exact) mass is 478 g/mol. The summed E-state index contributed by atoms with van der Waals surface area (Å²) < 4.78 is 0. The molecule has 0 aromatic carbocycles. The smallest absolute Gasteiger partial charge is 0.254 e. The lowest BCUT2D eigenvalue weighted by Crippen LogP contribution is -2.20. The highest BCUT2D eigenvalue weighted by molar-refractivity contribution is 7.15. The van der Waals surface area contributed by atoms with Crippen molar-refractivity contribution < 1.29 is 19.2 Å². The van der Waals surface area contributed by atoms with Gasteiger partial charge in [-0.05, 0) is 35.7 Å². The summed E-state index contributed by atoms with van der Waals surface area (Å²) in [5, 5.41) is 15.5. The van der Waals surface area contributed by atoms with Crippen LogP contribution in [0.3, 0.4) is 0 Å². The Morgan fingerprint density at radius 3 is 1.41 bits per heavy atom. The van der Waals surface area contributed by atoms with Gasteiger partial charge in [0, 0.05) is 26.9 Å². The molecule has 32 heavy (non-hydrogen) atoms. The Labute approximate surface area is 196 Å². The number of anilines is 2. The fourth-order valence-corrected chi connectivity index (χ4v) is 4.70. The lowest BCUT2D eigenvalue weighted by molar-refractivity contribution is -0.117. The van der Waals surface area contributed by atoms with Crippen LogP contribution in [0.15, 0.2) is 22.9 Å². The molecule has 2 heterocycles. The number of carbonyl (C=O) groups is 4. The second-order valence-electron chi connectivity index (χ2n) is 7.20. The quantitative estimate of drug-likeness (QED) is 0.322. The first kappa shape index (κ1) is 25.5. The average molecular weight is 479 g/mol. The Morgan fingerprint density at radius 2 is 1.03 bits per heavy atom. The van der Waals surface area contributed by atoms with E-state index in [4.69, 9.17) is 0 Å². The summed E-state index contributed by atoms with van der Waals surface area (Å²) in [5.41, 5.74) is 0.970. The van der Waals surface area contributed by atoms with Crippen LogP contribution in [0.25, 0.3) is 0 Å². The summed E-state index contributed by atoms with van der Waals surface area (Å²) >= 11 is 2.67. The Hall–Kier alpha value is -2.72. The van der Waals surface area contributed by atoms with E-state index in [1.165, 1.54) is 22.7 Å². The summed E-state index contributed by atoms with van der Waals surface area (Å²) in [6, 6.07) is 3.39. The van der Waals surface area contributed by atoms with Crippen LogP contribution in [0.5, 0.6) is 0 Å². The fraction of sp³-hybridized carbons (Fsp3) is 0.455. The Kier molecular flexibility index (Phi) is 10.9. The van der Waals surface area contributed by atoms with Crippen molar-refractivity contribution in [3.8, 4) is 0 Å². The average Bonchev–Trinajstić information content (AvgIpc) is 3.44. The molecule has 4 amide bonds. The number of unbranched alkanes of at least 4 members (excludes halogenated alkanes) is 5. The summed E-state index contributed by atoms with van der Waals surface area (Å²) in [6.45, 7) is 0. The Bertz CT molecular complexity index is 848. The molecule has 0 saturated heterocycles. The zero-order valence-electron chi connectivity index (χ0n) is 18.4. The molecule has 0 saturated carbocycles. The number of rotatable bonds is 13. The maximum atomic E-state index is 12.1. The highest BCUT2D eigenvalue weighted by atomic mass is 32.1. The highest BCUT2D eigenvalue weighted by Gasteiger charge is 2.14. The van der Waals surface area contributed by atoms with E-state index in [9.17, 15) is 19.2 Å². The van der Waals surface area contributed by atoms with Crippen molar-refractivity contribution in [2.24, 2.45) is 0 Å². The minimum absolute atomic E-state index is 0.0843. The Morgan fingerprint density at radius 1 is 0.656 bits per heavy atom. The van der Waals surface area contributed by atoms with Crippen LogP contribution in [0.2, 0.25) is 0 Å². The highest BCUT2D eigenvalue weighted by Crippen LogP contribution is 2.24. The molecule has 0 atom stereocenters. The van der Waals surface area contributed by atoms with Crippen molar-refractivity contribution in [3.05, 3.63) is 34.0 Å². The maximum Gasteiger partial charge on any atom is 0.254 e. The normalized spacial score (nSPS) is 10.4. The standard InChI is InChI=1S/C22H30N4O4S2/c1-23-19(29)15-11-13-31-21(15)25-17(27)9-7-5-3-4-6-8-10-18(28)26-22-16(12-14-32-22)20(30)24-2/h11-14H,3-10H2,1-2H3,(H,23,29)(H,24,30)(H,25,27)(H,26,28). The second-order valence-corrected chi connectivity index (χ2v) is 9.03. The molecule has 10 heteroatoms. The number of thiophene rings is 2. The van der Waals surface area contributed by atoms with Crippen molar-refractivity contribution in [2.75, 3.05) is 24.7 Å². The lowest BCUT2D eigenvalue weighted by atomic mass is 10.1. The first-order chi connectivity index (χ1) is 15.5. The first-order valence-electron chi connectivity index (χ1n) is 10.6. The van der Waals surface area contributed by atoms with Gasteiger partial charge >= 0.3 is 0 Å². The van der Waals surface area contributed by atoms with Gasteiger partial charge in [0.2, 0.25) is 11.8 Å². The molecule has 0 aliphatic carbocycles. The molecule has 0 bridgehead atoms. The Balaban J connectivity index is 1.54. The van der Waals surface area contributed by atoms with Crippen molar-refractivity contribution in [1.29, 1.82) is 0 Å². The van der Waals surface area contributed by atoms with Crippen LogP contribution in [-0.2, 0) is 9.59 Å². The van der Waals surface area contributed by atoms with E-state index in [1.807, 2.05) is 0 Å². The molecule has 0 aliphatic heterocycles. The van der Waals surface area contributed by atoms with Gasteiger partial charge in [-0.2, -0.15) is 0 Å². The fourth-order valence-electron chi connectivity index (χ4n) is 3.10. The van der Waals surface area contributed by atoms with Gasteiger partial charge in [-0.3, -0.25) is 19.2 Å². The van der Waals surface area contributed by atoms with Crippen molar-refractivity contribution in [3.63, 3.8) is 0 Å². The van der Waals surface area contributed by atoms with Gasteiger partial charge in [-0.1, -0.05) is 25.7 Å². The van der Waals surface area contributed by atoms with E-state index in [-0.39, 0.29) is 23.6 Å².